The summed E-state index contributed by atoms with van der Waals surface area (Å²) in [5.41, 5.74) is 2.13. The van der Waals surface area contributed by atoms with Crippen LogP contribution in [0.4, 0.5) is 0 Å². The first kappa shape index (κ1) is 22.7. The molecule has 1 heterocycles. The molecule has 3 rings (SSSR count). The number of sulfonamides is 1. The van der Waals surface area contributed by atoms with Gasteiger partial charge in [0.05, 0.1) is 18.8 Å². The lowest BCUT2D eigenvalue weighted by Crippen LogP contribution is -2.32. The van der Waals surface area contributed by atoms with Crippen LogP contribution in [0.25, 0.3) is 11.3 Å². The highest BCUT2D eigenvalue weighted by Crippen LogP contribution is 2.28. The van der Waals surface area contributed by atoms with Crippen molar-refractivity contribution in [3.05, 3.63) is 76.6 Å². The highest BCUT2D eigenvalue weighted by atomic mass is 32.2. The van der Waals surface area contributed by atoms with Crippen molar-refractivity contribution in [2.45, 2.75) is 38.1 Å². The molecule has 0 saturated carbocycles. The molecule has 7 nitrogen and oxygen atoms in total. The average molecular weight is 442 g/mol. The van der Waals surface area contributed by atoms with Gasteiger partial charge < -0.3 is 4.74 Å². The lowest BCUT2D eigenvalue weighted by atomic mass is 10.0. The third kappa shape index (κ3) is 5.59. The standard InChI is InChI=1S/C23H27N3O4S/c1-4-30-21-12-10-19(17(2)3)16-22(21)31(28,29)24-14-15-26-23(27)13-11-20(25-26)18-8-6-5-7-9-18/h5-13,16-17,24H,4,14-15H2,1-3H3. The molecular formula is C23H27N3O4S. The molecule has 0 fully saturated rings. The highest BCUT2D eigenvalue weighted by Gasteiger charge is 2.21. The number of nitrogens with zero attached hydrogens (tertiary/aromatic N) is 2. The van der Waals surface area contributed by atoms with Crippen LogP contribution in [-0.4, -0.2) is 31.3 Å². The van der Waals surface area contributed by atoms with Crippen LogP contribution in [0, 0.1) is 0 Å². The molecular weight excluding hydrogens is 414 g/mol. The maximum atomic E-state index is 13.0. The Morgan fingerprint density at radius 1 is 1.06 bits per heavy atom. The van der Waals surface area contributed by atoms with E-state index in [0.717, 1.165) is 11.1 Å². The van der Waals surface area contributed by atoms with E-state index in [2.05, 4.69) is 9.82 Å². The summed E-state index contributed by atoms with van der Waals surface area (Å²) in [4.78, 5) is 12.3. The Morgan fingerprint density at radius 3 is 2.48 bits per heavy atom. The second-order valence-corrected chi connectivity index (χ2v) is 9.07. The van der Waals surface area contributed by atoms with Gasteiger partial charge in [-0.15, -0.1) is 0 Å². The fourth-order valence-corrected chi connectivity index (χ4v) is 4.30. The first-order valence-electron chi connectivity index (χ1n) is 10.2. The van der Waals surface area contributed by atoms with Gasteiger partial charge in [0.1, 0.15) is 10.6 Å². The normalized spacial score (nSPS) is 11.6. The molecule has 1 N–H and O–H groups in total. The first-order chi connectivity index (χ1) is 14.8. The van der Waals surface area contributed by atoms with Crippen LogP contribution in [0.3, 0.4) is 0 Å². The zero-order valence-corrected chi connectivity index (χ0v) is 18.7. The van der Waals surface area contributed by atoms with Gasteiger partial charge in [-0.3, -0.25) is 4.79 Å². The Bertz CT molecular complexity index is 1190. The summed E-state index contributed by atoms with van der Waals surface area (Å²) in [6.07, 6.45) is 0. The molecule has 0 spiro atoms. The van der Waals surface area contributed by atoms with E-state index >= 15 is 0 Å². The molecule has 0 radical (unpaired) electrons. The van der Waals surface area contributed by atoms with Crippen molar-refractivity contribution in [2.75, 3.05) is 13.2 Å². The zero-order chi connectivity index (χ0) is 22.4. The van der Waals surface area contributed by atoms with Crippen molar-refractivity contribution < 1.29 is 13.2 Å². The minimum absolute atomic E-state index is 0.0188. The number of hydrogen-bond donors (Lipinski definition) is 1. The van der Waals surface area contributed by atoms with Crippen LogP contribution in [0.5, 0.6) is 5.75 Å². The number of benzene rings is 2. The molecule has 3 aromatic rings. The van der Waals surface area contributed by atoms with Gasteiger partial charge in [0, 0.05) is 18.2 Å². The quantitative estimate of drug-likeness (QED) is 0.550. The summed E-state index contributed by atoms with van der Waals surface area (Å²) in [6.45, 7) is 6.28. The van der Waals surface area contributed by atoms with E-state index < -0.39 is 10.0 Å². The molecule has 0 atom stereocenters. The monoisotopic (exact) mass is 441 g/mol. The predicted molar refractivity (Wildman–Crippen MR) is 121 cm³/mol. The number of hydrogen-bond acceptors (Lipinski definition) is 5. The lowest BCUT2D eigenvalue weighted by molar-refractivity contribution is 0.330. The van der Waals surface area contributed by atoms with Gasteiger partial charge in [-0.25, -0.2) is 17.8 Å². The van der Waals surface area contributed by atoms with Gasteiger partial charge in [0.15, 0.2) is 0 Å². The number of ether oxygens (including phenoxy) is 1. The first-order valence-corrected chi connectivity index (χ1v) is 11.7. The largest absolute Gasteiger partial charge is 0.492 e. The molecule has 164 valence electrons. The molecule has 0 aliphatic carbocycles. The smallest absolute Gasteiger partial charge is 0.266 e. The molecule has 31 heavy (non-hydrogen) atoms. The van der Waals surface area contributed by atoms with E-state index in [-0.39, 0.29) is 29.5 Å². The van der Waals surface area contributed by atoms with Gasteiger partial charge in [-0.1, -0.05) is 50.2 Å². The van der Waals surface area contributed by atoms with Crippen LogP contribution in [0.1, 0.15) is 32.3 Å². The van der Waals surface area contributed by atoms with Crippen LogP contribution in [0.2, 0.25) is 0 Å². The van der Waals surface area contributed by atoms with E-state index in [9.17, 15) is 13.2 Å². The van der Waals surface area contributed by atoms with Crippen molar-refractivity contribution in [3.63, 3.8) is 0 Å². The van der Waals surface area contributed by atoms with Gasteiger partial charge in [0.2, 0.25) is 10.0 Å². The van der Waals surface area contributed by atoms with Crippen molar-refractivity contribution in [1.29, 1.82) is 0 Å². The summed E-state index contributed by atoms with van der Waals surface area (Å²) in [6, 6.07) is 17.8. The summed E-state index contributed by atoms with van der Waals surface area (Å²) in [5.74, 6) is 0.480. The number of aromatic nitrogens is 2. The third-order valence-electron chi connectivity index (χ3n) is 4.78. The van der Waals surface area contributed by atoms with Crippen LogP contribution in [-0.2, 0) is 16.6 Å². The zero-order valence-electron chi connectivity index (χ0n) is 17.9. The van der Waals surface area contributed by atoms with Crippen LogP contribution < -0.4 is 15.0 Å². The Hall–Kier alpha value is -2.97. The minimum atomic E-state index is -3.83. The Labute approximate surface area is 182 Å². The fourth-order valence-electron chi connectivity index (χ4n) is 3.10. The minimum Gasteiger partial charge on any atom is -0.492 e. The molecule has 2 aromatic carbocycles. The summed E-state index contributed by atoms with van der Waals surface area (Å²) in [5, 5.41) is 4.36. The highest BCUT2D eigenvalue weighted by molar-refractivity contribution is 7.89. The maximum absolute atomic E-state index is 13.0. The molecule has 0 unspecified atom stereocenters. The van der Waals surface area contributed by atoms with E-state index in [0.29, 0.717) is 18.1 Å². The van der Waals surface area contributed by atoms with E-state index in [4.69, 9.17) is 4.74 Å². The third-order valence-corrected chi connectivity index (χ3v) is 6.26. The van der Waals surface area contributed by atoms with Gasteiger partial charge >= 0.3 is 0 Å². The topological polar surface area (TPSA) is 90.3 Å². The van der Waals surface area contributed by atoms with Crippen molar-refractivity contribution in [1.82, 2.24) is 14.5 Å². The SMILES string of the molecule is CCOc1ccc(C(C)C)cc1S(=O)(=O)NCCn1nc(-c2ccccc2)ccc1=O. The van der Waals surface area contributed by atoms with Crippen LogP contribution >= 0.6 is 0 Å². The summed E-state index contributed by atoms with van der Waals surface area (Å²) in [7, 11) is -3.83. The summed E-state index contributed by atoms with van der Waals surface area (Å²) < 4.78 is 35.3. The van der Waals surface area contributed by atoms with Crippen LogP contribution in [0.15, 0.2) is 70.4 Å². The maximum Gasteiger partial charge on any atom is 0.266 e. The number of nitrogens with one attached hydrogen (secondary N) is 1. The van der Waals surface area contributed by atoms with Gasteiger partial charge in [0.25, 0.3) is 5.56 Å². The second kappa shape index (κ2) is 9.89. The van der Waals surface area contributed by atoms with Gasteiger partial charge in [-0.05, 0) is 36.6 Å². The molecule has 0 bridgehead atoms. The van der Waals surface area contributed by atoms with Crippen molar-refractivity contribution in [3.8, 4) is 17.0 Å². The van der Waals surface area contributed by atoms with Crippen molar-refractivity contribution in [2.24, 2.45) is 0 Å². The molecule has 8 heteroatoms. The van der Waals surface area contributed by atoms with E-state index in [1.807, 2.05) is 50.2 Å². The second-order valence-electron chi connectivity index (χ2n) is 7.34. The molecule has 1 aromatic heterocycles. The fraction of sp³-hybridized carbons (Fsp3) is 0.304. The molecule has 0 aliphatic rings. The Kier molecular flexibility index (Phi) is 7.25. The van der Waals surface area contributed by atoms with E-state index in [1.54, 1.807) is 25.1 Å². The van der Waals surface area contributed by atoms with E-state index in [1.165, 1.54) is 10.7 Å². The lowest BCUT2D eigenvalue weighted by Gasteiger charge is -2.15. The van der Waals surface area contributed by atoms with Crippen molar-refractivity contribution >= 4 is 10.0 Å². The Balaban J connectivity index is 1.79. The summed E-state index contributed by atoms with van der Waals surface area (Å²) >= 11 is 0. The predicted octanol–water partition coefficient (Wildman–Crippen LogP) is 3.41. The number of rotatable bonds is 9. The molecule has 0 aliphatic heterocycles. The Morgan fingerprint density at radius 2 is 1.81 bits per heavy atom. The molecule has 0 amide bonds. The average Bonchev–Trinajstić information content (AvgIpc) is 2.76. The molecule has 0 saturated heterocycles. The van der Waals surface area contributed by atoms with Gasteiger partial charge in [-0.2, -0.15) is 5.10 Å².